The van der Waals surface area contributed by atoms with Gasteiger partial charge in [0.1, 0.15) is 5.84 Å². The summed E-state index contributed by atoms with van der Waals surface area (Å²) in [5.41, 5.74) is 0.453. The Morgan fingerprint density at radius 2 is 1.77 bits per heavy atom. The second kappa shape index (κ2) is 7.89. The molecule has 0 N–H and O–H groups in total. The number of hydrogen-bond donors (Lipinski definition) is 0. The first kappa shape index (κ1) is 19.1. The van der Waals surface area contributed by atoms with Gasteiger partial charge >= 0.3 is 0 Å². The van der Waals surface area contributed by atoms with Crippen LogP contribution in [-0.2, 0) is 4.79 Å². The van der Waals surface area contributed by atoms with Crippen molar-refractivity contribution in [3.8, 4) is 0 Å². The highest BCUT2D eigenvalue weighted by Gasteiger charge is 2.54. The van der Waals surface area contributed by atoms with Crippen LogP contribution >= 0.6 is 0 Å². The SMILES string of the molecule is CCCCN=C1C(N2CCN(C)CC2)C(C)(C)C(=O)N1c1ccccc1. The molecule has 2 saturated heterocycles. The smallest absolute Gasteiger partial charge is 0.240 e. The summed E-state index contributed by atoms with van der Waals surface area (Å²) in [6, 6.07) is 10.0. The number of likely N-dealkylation sites (N-methyl/N-ethyl adjacent to an activating group) is 1. The number of aliphatic imine (C=N–C) groups is 1. The molecule has 0 radical (unpaired) electrons. The summed E-state index contributed by atoms with van der Waals surface area (Å²) < 4.78 is 0. The van der Waals surface area contributed by atoms with Gasteiger partial charge in [0, 0.05) is 32.7 Å². The third-order valence-electron chi connectivity index (χ3n) is 5.61. The number of carbonyl (C=O) groups excluding carboxylic acids is 1. The van der Waals surface area contributed by atoms with E-state index in [-0.39, 0.29) is 11.9 Å². The molecule has 0 aliphatic carbocycles. The van der Waals surface area contributed by atoms with Crippen LogP contribution in [0, 0.1) is 5.41 Å². The fourth-order valence-corrected chi connectivity index (χ4v) is 3.99. The van der Waals surface area contributed by atoms with Crippen molar-refractivity contribution in [3.05, 3.63) is 30.3 Å². The molecule has 0 aromatic heterocycles. The summed E-state index contributed by atoms with van der Waals surface area (Å²) in [4.78, 5) is 25.0. The fraction of sp³-hybridized carbons (Fsp3) is 0.619. The average Bonchev–Trinajstić information content (AvgIpc) is 2.83. The van der Waals surface area contributed by atoms with E-state index in [0.29, 0.717) is 0 Å². The lowest BCUT2D eigenvalue weighted by Gasteiger charge is -2.40. The largest absolute Gasteiger partial charge is 0.304 e. The maximum atomic E-state index is 13.4. The third-order valence-corrected chi connectivity index (χ3v) is 5.61. The second-order valence-electron chi connectivity index (χ2n) is 8.03. The van der Waals surface area contributed by atoms with Crippen LogP contribution in [0.25, 0.3) is 0 Å². The van der Waals surface area contributed by atoms with Crippen molar-refractivity contribution >= 4 is 17.4 Å². The Morgan fingerprint density at radius 3 is 2.38 bits per heavy atom. The molecular weight excluding hydrogens is 324 g/mol. The second-order valence-corrected chi connectivity index (χ2v) is 8.03. The van der Waals surface area contributed by atoms with Gasteiger partial charge < -0.3 is 4.90 Å². The molecule has 2 fully saturated rings. The molecular formula is C21H32N4O. The maximum absolute atomic E-state index is 13.4. The van der Waals surface area contributed by atoms with Crippen molar-refractivity contribution in [1.82, 2.24) is 9.80 Å². The summed E-state index contributed by atoms with van der Waals surface area (Å²) in [6.07, 6.45) is 2.16. The molecule has 2 aliphatic rings. The number of rotatable bonds is 5. The molecule has 5 heteroatoms. The quantitative estimate of drug-likeness (QED) is 0.762. The zero-order valence-electron chi connectivity index (χ0n) is 16.6. The number of piperazine rings is 1. The van der Waals surface area contributed by atoms with Crippen molar-refractivity contribution in [2.75, 3.05) is 44.7 Å². The standard InChI is InChI=1S/C21H32N4O/c1-5-6-12-22-19-18(24-15-13-23(4)14-16-24)21(2,3)20(26)25(19)17-10-8-7-9-11-17/h7-11,18H,5-6,12-16H2,1-4H3. The van der Waals surface area contributed by atoms with Crippen LogP contribution in [0.1, 0.15) is 33.6 Å². The molecule has 26 heavy (non-hydrogen) atoms. The van der Waals surface area contributed by atoms with Gasteiger partial charge in [-0.05, 0) is 39.4 Å². The van der Waals surface area contributed by atoms with Gasteiger partial charge in [-0.15, -0.1) is 0 Å². The Labute approximate surface area is 157 Å². The van der Waals surface area contributed by atoms with E-state index in [1.165, 1.54) is 0 Å². The van der Waals surface area contributed by atoms with Crippen LogP contribution in [0.4, 0.5) is 5.69 Å². The van der Waals surface area contributed by atoms with E-state index in [2.05, 4.69) is 37.6 Å². The topological polar surface area (TPSA) is 39.1 Å². The number of carbonyl (C=O) groups is 1. The number of nitrogens with zero attached hydrogens (tertiary/aromatic N) is 4. The molecule has 0 spiro atoms. The highest BCUT2D eigenvalue weighted by molar-refractivity contribution is 6.27. The molecule has 1 unspecified atom stereocenters. The highest BCUT2D eigenvalue weighted by atomic mass is 16.2. The van der Waals surface area contributed by atoms with Crippen LogP contribution in [-0.4, -0.2) is 67.4 Å². The highest BCUT2D eigenvalue weighted by Crippen LogP contribution is 2.39. The van der Waals surface area contributed by atoms with Crippen LogP contribution < -0.4 is 4.90 Å². The molecule has 1 amide bonds. The zero-order chi connectivity index (χ0) is 18.7. The van der Waals surface area contributed by atoms with Gasteiger partial charge in [0.25, 0.3) is 0 Å². The fourth-order valence-electron chi connectivity index (χ4n) is 3.99. The number of amidine groups is 1. The Bertz CT molecular complexity index is 647. The first-order chi connectivity index (χ1) is 12.5. The minimum absolute atomic E-state index is 0.0424. The summed E-state index contributed by atoms with van der Waals surface area (Å²) in [7, 11) is 2.16. The first-order valence-corrected chi connectivity index (χ1v) is 9.83. The first-order valence-electron chi connectivity index (χ1n) is 9.83. The van der Waals surface area contributed by atoms with Crippen molar-refractivity contribution < 1.29 is 4.79 Å². The third kappa shape index (κ3) is 3.55. The molecule has 2 aliphatic heterocycles. The van der Waals surface area contributed by atoms with Crippen LogP contribution in [0.15, 0.2) is 35.3 Å². The molecule has 5 nitrogen and oxygen atoms in total. The van der Waals surface area contributed by atoms with Gasteiger partial charge in [0.2, 0.25) is 5.91 Å². The molecule has 1 aromatic rings. The minimum atomic E-state index is -0.475. The predicted molar refractivity (Wildman–Crippen MR) is 108 cm³/mol. The number of amides is 1. The molecule has 2 heterocycles. The molecule has 142 valence electrons. The van der Waals surface area contributed by atoms with Crippen LogP contribution in [0.3, 0.4) is 0 Å². The van der Waals surface area contributed by atoms with E-state index in [9.17, 15) is 4.79 Å². The molecule has 0 bridgehead atoms. The summed E-state index contributed by atoms with van der Waals surface area (Å²) in [5.74, 6) is 1.09. The molecule has 1 atom stereocenters. The Balaban J connectivity index is 1.99. The van der Waals surface area contributed by atoms with Gasteiger partial charge in [-0.25, -0.2) is 0 Å². The Kier molecular flexibility index (Phi) is 5.78. The Hall–Kier alpha value is -1.72. The number of unbranched alkanes of at least 4 members (excludes halogenated alkanes) is 1. The van der Waals surface area contributed by atoms with Gasteiger partial charge in [-0.2, -0.15) is 0 Å². The van der Waals surface area contributed by atoms with E-state index in [1.54, 1.807) is 0 Å². The summed E-state index contributed by atoms with van der Waals surface area (Å²) in [6.45, 7) is 11.1. The maximum Gasteiger partial charge on any atom is 0.240 e. The van der Waals surface area contributed by atoms with Crippen LogP contribution in [0.2, 0.25) is 0 Å². The van der Waals surface area contributed by atoms with Gasteiger partial charge in [-0.1, -0.05) is 31.5 Å². The van der Waals surface area contributed by atoms with E-state index in [0.717, 1.165) is 57.1 Å². The van der Waals surface area contributed by atoms with Crippen molar-refractivity contribution in [2.24, 2.45) is 10.4 Å². The molecule has 3 rings (SSSR count). The summed E-state index contributed by atoms with van der Waals surface area (Å²) in [5, 5.41) is 0. The lowest BCUT2D eigenvalue weighted by Crippen LogP contribution is -2.55. The number of para-hydroxylation sites is 1. The van der Waals surface area contributed by atoms with E-state index in [4.69, 9.17) is 4.99 Å². The summed E-state index contributed by atoms with van der Waals surface area (Å²) >= 11 is 0. The lowest BCUT2D eigenvalue weighted by atomic mass is 9.85. The number of hydrogen-bond acceptors (Lipinski definition) is 4. The predicted octanol–water partition coefficient (Wildman–Crippen LogP) is 2.87. The lowest BCUT2D eigenvalue weighted by molar-refractivity contribution is -0.126. The number of benzene rings is 1. The van der Waals surface area contributed by atoms with E-state index in [1.807, 2.05) is 35.2 Å². The van der Waals surface area contributed by atoms with E-state index >= 15 is 0 Å². The van der Waals surface area contributed by atoms with Gasteiger partial charge in [0.15, 0.2) is 0 Å². The normalized spacial score (nSPS) is 26.0. The van der Waals surface area contributed by atoms with Crippen molar-refractivity contribution in [3.63, 3.8) is 0 Å². The van der Waals surface area contributed by atoms with Crippen molar-refractivity contribution in [2.45, 2.75) is 39.7 Å². The minimum Gasteiger partial charge on any atom is -0.304 e. The zero-order valence-corrected chi connectivity index (χ0v) is 16.6. The average molecular weight is 357 g/mol. The van der Waals surface area contributed by atoms with Gasteiger partial charge in [0.05, 0.1) is 17.1 Å². The van der Waals surface area contributed by atoms with E-state index < -0.39 is 5.41 Å². The number of anilines is 1. The Morgan fingerprint density at radius 1 is 1.12 bits per heavy atom. The molecule has 0 saturated carbocycles. The monoisotopic (exact) mass is 356 g/mol. The van der Waals surface area contributed by atoms with Crippen LogP contribution in [0.5, 0.6) is 0 Å². The molecule has 1 aromatic carbocycles. The van der Waals surface area contributed by atoms with Gasteiger partial charge in [-0.3, -0.25) is 19.6 Å². The van der Waals surface area contributed by atoms with Crippen molar-refractivity contribution in [1.29, 1.82) is 0 Å².